The molecule has 1 heterocycles. The van der Waals surface area contributed by atoms with E-state index in [1.165, 1.54) is 10.6 Å². The van der Waals surface area contributed by atoms with Crippen LogP contribution in [-0.4, -0.2) is 17.5 Å². The van der Waals surface area contributed by atoms with Crippen LogP contribution in [0.3, 0.4) is 0 Å². The Balaban J connectivity index is 1.82. The number of rotatable bonds is 5. The molecule has 2 aromatic rings. The van der Waals surface area contributed by atoms with Gasteiger partial charge in [-0.1, -0.05) is 25.1 Å². The molecule has 0 saturated heterocycles. The maximum atomic E-state index is 12.7. The number of carbonyl (C=O) groups is 2. The van der Waals surface area contributed by atoms with Crippen molar-refractivity contribution in [2.45, 2.75) is 20.3 Å². The van der Waals surface area contributed by atoms with E-state index in [4.69, 9.17) is 5.73 Å². The number of benzene rings is 2. The zero-order valence-corrected chi connectivity index (χ0v) is 14.7. The van der Waals surface area contributed by atoms with E-state index < -0.39 is 5.91 Å². The molecule has 1 aliphatic rings. The van der Waals surface area contributed by atoms with Gasteiger partial charge in [0, 0.05) is 17.5 Å². The van der Waals surface area contributed by atoms with Gasteiger partial charge in [0.2, 0.25) is 5.91 Å². The summed E-state index contributed by atoms with van der Waals surface area (Å²) in [5, 5.41) is 8.86. The highest BCUT2D eigenvalue weighted by atomic mass is 16.2. The van der Waals surface area contributed by atoms with Crippen molar-refractivity contribution in [3.05, 3.63) is 71.4 Å². The first-order chi connectivity index (χ1) is 12.5. The lowest BCUT2D eigenvalue weighted by atomic mass is 10.1. The van der Waals surface area contributed by atoms with Crippen LogP contribution in [0.1, 0.15) is 29.8 Å². The number of nitrogens with one attached hydrogen (secondary N) is 1. The van der Waals surface area contributed by atoms with Crippen molar-refractivity contribution >= 4 is 28.9 Å². The Morgan fingerprint density at radius 2 is 1.88 bits per heavy atom. The first-order valence-corrected chi connectivity index (χ1v) is 8.35. The molecule has 2 aromatic carbocycles. The van der Waals surface area contributed by atoms with Crippen LogP contribution in [0.4, 0.5) is 11.4 Å². The van der Waals surface area contributed by atoms with E-state index in [0.29, 0.717) is 22.5 Å². The Kier molecular flexibility index (Phi) is 4.84. The zero-order valence-electron chi connectivity index (χ0n) is 14.7. The SMILES string of the molecule is CCc1ccccc1NC=C1C(=O)N(c2ccc(C(N)=O)cc2)N=C1C. The number of hydrazone groups is 1. The number of anilines is 2. The van der Waals surface area contributed by atoms with Crippen molar-refractivity contribution in [2.75, 3.05) is 10.3 Å². The van der Waals surface area contributed by atoms with Gasteiger partial charge >= 0.3 is 0 Å². The third-order valence-electron chi connectivity index (χ3n) is 4.23. The third-order valence-corrected chi connectivity index (χ3v) is 4.23. The summed E-state index contributed by atoms with van der Waals surface area (Å²) >= 11 is 0. The molecule has 2 amide bonds. The minimum absolute atomic E-state index is 0.226. The lowest BCUT2D eigenvalue weighted by Crippen LogP contribution is -2.22. The summed E-state index contributed by atoms with van der Waals surface area (Å²) in [6, 6.07) is 14.4. The fourth-order valence-electron chi connectivity index (χ4n) is 2.75. The molecule has 0 radical (unpaired) electrons. The van der Waals surface area contributed by atoms with E-state index in [0.717, 1.165) is 12.1 Å². The summed E-state index contributed by atoms with van der Waals surface area (Å²) in [6.45, 7) is 3.87. The quantitative estimate of drug-likeness (QED) is 0.814. The number of aryl methyl sites for hydroxylation is 1. The second-order valence-corrected chi connectivity index (χ2v) is 5.93. The van der Waals surface area contributed by atoms with Gasteiger partial charge in [-0.05, 0) is 49.2 Å². The Hall–Kier alpha value is -3.41. The molecule has 0 saturated carbocycles. The molecule has 0 bridgehead atoms. The first kappa shape index (κ1) is 17.4. The van der Waals surface area contributed by atoms with Gasteiger partial charge in [0.25, 0.3) is 5.91 Å². The van der Waals surface area contributed by atoms with E-state index in [-0.39, 0.29) is 5.91 Å². The summed E-state index contributed by atoms with van der Waals surface area (Å²) in [6.07, 6.45) is 2.58. The molecule has 26 heavy (non-hydrogen) atoms. The summed E-state index contributed by atoms with van der Waals surface area (Å²) in [7, 11) is 0. The van der Waals surface area contributed by atoms with Crippen LogP contribution in [0.2, 0.25) is 0 Å². The molecule has 0 spiro atoms. The molecule has 0 aliphatic carbocycles. The fourth-order valence-corrected chi connectivity index (χ4v) is 2.75. The molecule has 3 N–H and O–H groups in total. The molecule has 1 aliphatic heterocycles. The lowest BCUT2D eigenvalue weighted by Gasteiger charge is -2.12. The van der Waals surface area contributed by atoms with Gasteiger partial charge in [-0.25, -0.2) is 0 Å². The van der Waals surface area contributed by atoms with Crippen molar-refractivity contribution in [1.82, 2.24) is 0 Å². The largest absolute Gasteiger partial charge is 0.366 e. The Bertz CT molecular complexity index is 914. The molecule has 0 atom stereocenters. The van der Waals surface area contributed by atoms with Gasteiger partial charge in [0.05, 0.1) is 17.0 Å². The number of amides is 2. The normalized spacial score (nSPS) is 15.3. The third kappa shape index (κ3) is 3.35. The van der Waals surface area contributed by atoms with E-state index in [1.807, 2.05) is 24.3 Å². The van der Waals surface area contributed by atoms with Gasteiger partial charge in [0.1, 0.15) is 0 Å². The predicted molar refractivity (Wildman–Crippen MR) is 103 cm³/mol. The van der Waals surface area contributed by atoms with E-state index in [1.54, 1.807) is 37.4 Å². The maximum absolute atomic E-state index is 12.7. The van der Waals surface area contributed by atoms with Crippen molar-refractivity contribution < 1.29 is 9.59 Å². The molecular formula is C20H20N4O2. The first-order valence-electron chi connectivity index (χ1n) is 8.35. The van der Waals surface area contributed by atoms with Crippen LogP contribution < -0.4 is 16.1 Å². The smallest absolute Gasteiger partial charge is 0.282 e. The molecule has 6 heteroatoms. The van der Waals surface area contributed by atoms with Crippen LogP contribution in [0.5, 0.6) is 0 Å². The number of para-hydroxylation sites is 1. The summed E-state index contributed by atoms with van der Waals surface area (Å²) in [4.78, 5) is 23.9. The maximum Gasteiger partial charge on any atom is 0.282 e. The van der Waals surface area contributed by atoms with Crippen molar-refractivity contribution in [2.24, 2.45) is 10.8 Å². The number of hydrogen-bond donors (Lipinski definition) is 2. The van der Waals surface area contributed by atoms with Crippen LogP contribution in [0.25, 0.3) is 0 Å². The highest BCUT2D eigenvalue weighted by molar-refractivity contribution is 6.29. The Morgan fingerprint density at radius 1 is 1.19 bits per heavy atom. The summed E-state index contributed by atoms with van der Waals surface area (Å²) in [5.41, 5.74) is 9.46. The number of nitrogens with zero attached hydrogens (tertiary/aromatic N) is 2. The number of carbonyl (C=O) groups excluding carboxylic acids is 2. The van der Waals surface area contributed by atoms with Crippen molar-refractivity contribution in [1.29, 1.82) is 0 Å². The highest BCUT2D eigenvalue weighted by Crippen LogP contribution is 2.24. The second kappa shape index (κ2) is 7.23. The molecule has 132 valence electrons. The molecule has 0 aromatic heterocycles. The van der Waals surface area contributed by atoms with Crippen LogP contribution in [0.15, 0.2) is 65.4 Å². The minimum Gasteiger partial charge on any atom is -0.366 e. The lowest BCUT2D eigenvalue weighted by molar-refractivity contribution is -0.114. The molecule has 0 fully saturated rings. The summed E-state index contributed by atoms with van der Waals surface area (Å²) < 4.78 is 0. The standard InChI is InChI=1S/C20H20N4O2/c1-3-14-6-4-5-7-18(14)22-12-17-13(2)23-24(20(17)26)16-10-8-15(9-11-16)19(21)25/h4-12,22H,3H2,1-2H3,(H2,21,25). The average molecular weight is 348 g/mol. The average Bonchev–Trinajstić information content (AvgIpc) is 2.94. The predicted octanol–water partition coefficient (Wildman–Crippen LogP) is 3.07. The van der Waals surface area contributed by atoms with Gasteiger partial charge in [-0.3, -0.25) is 9.59 Å². The number of nitrogens with two attached hydrogens (primary N) is 1. The van der Waals surface area contributed by atoms with Gasteiger partial charge in [-0.15, -0.1) is 0 Å². The van der Waals surface area contributed by atoms with Crippen LogP contribution >= 0.6 is 0 Å². The fraction of sp³-hybridized carbons (Fsp3) is 0.150. The number of hydrogen-bond acceptors (Lipinski definition) is 4. The van der Waals surface area contributed by atoms with Crippen molar-refractivity contribution in [3.63, 3.8) is 0 Å². The minimum atomic E-state index is -0.511. The number of primary amides is 1. The Labute approximate surface area is 152 Å². The van der Waals surface area contributed by atoms with Gasteiger partial charge < -0.3 is 11.1 Å². The van der Waals surface area contributed by atoms with Crippen LogP contribution in [0, 0.1) is 0 Å². The second-order valence-electron chi connectivity index (χ2n) is 5.93. The molecule has 6 nitrogen and oxygen atoms in total. The highest BCUT2D eigenvalue weighted by Gasteiger charge is 2.28. The molecular weight excluding hydrogens is 328 g/mol. The van der Waals surface area contributed by atoms with Crippen LogP contribution in [-0.2, 0) is 11.2 Å². The molecule has 0 unspecified atom stereocenters. The van der Waals surface area contributed by atoms with E-state index >= 15 is 0 Å². The van der Waals surface area contributed by atoms with Gasteiger partial charge in [0.15, 0.2) is 0 Å². The van der Waals surface area contributed by atoms with E-state index in [9.17, 15) is 9.59 Å². The Morgan fingerprint density at radius 3 is 2.54 bits per heavy atom. The summed E-state index contributed by atoms with van der Waals surface area (Å²) in [5.74, 6) is -0.737. The molecule has 3 rings (SSSR count). The van der Waals surface area contributed by atoms with E-state index in [2.05, 4.69) is 17.3 Å². The monoisotopic (exact) mass is 348 g/mol. The van der Waals surface area contributed by atoms with Crippen molar-refractivity contribution in [3.8, 4) is 0 Å². The zero-order chi connectivity index (χ0) is 18.7. The van der Waals surface area contributed by atoms with Gasteiger partial charge in [-0.2, -0.15) is 10.1 Å². The topological polar surface area (TPSA) is 87.8 Å².